The minimum atomic E-state index is -2.42. The maximum atomic E-state index is 15.9. The average molecular weight is 533 g/mol. The highest BCUT2D eigenvalue weighted by Crippen LogP contribution is 2.45. The number of hydrogen-bond acceptors (Lipinski definition) is 3. The van der Waals surface area contributed by atoms with Crippen LogP contribution in [-0.4, -0.2) is 55.6 Å². The van der Waals surface area contributed by atoms with E-state index in [1.807, 2.05) is 24.3 Å². The van der Waals surface area contributed by atoms with Crippen molar-refractivity contribution in [2.24, 2.45) is 0 Å². The summed E-state index contributed by atoms with van der Waals surface area (Å²) in [5.74, 6) is -6.70. The van der Waals surface area contributed by atoms with E-state index in [1.54, 1.807) is 0 Å². The van der Waals surface area contributed by atoms with Crippen molar-refractivity contribution in [3.05, 3.63) is 86.9 Å². The molecule has 38 heavy (non-hydrogen) atoms. The summed E-state index contributed by atoms with van der Waals surface area (Å²) in [4.78, 5) is 14.5. The minimum absolute atomic E-state index is 0.178. The van der Waals surface area contributed by atoms with Gasteiger partial charge < -0.3 is 10.0 Å². The van der Waals surface area contributed by atoms with Crippen molar-refractivity contribution in [3.63, 3.8) is 0 Å². The van der Waals surface area contributed by atoms with Crippen molar-refractivity contribution in [1.82, 2.24) is 0 Å². The Bertz CT molecular complexity index is 1620. The van der Waals surface area contributed by atoms with Gasteiger partial charge in [0.1, 0.15) is 38.4 Å². The zero-order valence-corrected chi connectivity index (χ0v) is 22.0. The molecular weight excluding hydrogens is 507 g/mol. The van der Waals surface area contributed by atoms with Gasteiger partial charge >= 0.3 is 5.97 Å². The molecule has 0 bridgehead atoms. The fourth-order valence-corrected chi connectivity index (χ4v) is 8.90. The lowest BCUT2D eigenvalue weighted by molar-refractivity contribution is -0.582. The molecule has 3 heterocycles. The molecule has 2 saturated heterocycles. The number of nitriles is 1. The molecule has 0 amide bonds. The molecule has 4 aliphatic rings. The highest BCUT2D eigenvalue weighted by Gasteiger charge is 2.43. The van der Waals surface area contributed by atoms with Gasteiger partial charge in [0.2, 0.25) is 0 Å². The summed E-state index contributed by atoms with van der Waals surface area (Å²) in [5.41, 5.74) is 0.586. The molecule has 0 aromatic heterocycles. The number of halogens is 3. The van der Waals surface area contributed by atoms with Gasteiger partial charge in [-0.15, -0.1) is 0 Å². The largest absolute Gasteiger partial charge is 0.478 e. The summed E-state index contributed by atoms with van der Waals surface area (Å²) in [6.45, 7) is 8.11. The summed E-state index contributed by atoms with van der Waals surface area (Å²) >= 11 is 0. The van der Waals surface area contributed by atoms with Gasteiger partial charge in [0.25, 0.3) is 0 Å². The van der Waals surface area contributed by atoms with Crippen LogP contribution in [0, 0.1) is 28.8 Å². The summed E-state index contributed by atoms with van der Waals surface area (Å²) in [7, 11) is -2.42. The Morgan fingerprint density at radius 3 is 2.39 bits per heavy atom. The Hall–Kier alpha value is -3.90. The zero-order valence-electron chi connectivity index (χ0n) is 21.0. The van der Waals surface area contributed by atoms with Crippen LogP contribution in [0.15, 0.2) is 47.2 Å². The number of carbonyl (C=O) groups is 1. The molecule has 2 aromatic rings. The van der Waals surface area contributed by atoms with Crippen LogP contribution >= 0.6 is 0 Å². The van der Waals surface area contributed by atoms with Gasteiger partial charge in [-0.2, -0.15) is 5.26 Å². The summed E-state index contributed by atoms with van der Waals surface area (Å²) in [6.07, 6.45) is 8.01. The topological polar surface area (TPSA) is 67.3 Å². The Kier molecular flexibility index (Phi) is 5.51. The van der Waals surface area contributed by atoms with Gasteiger partial charge in [0, 0.05) is 36.5 Å². The predicted octanol–water partition coefficient (Wildman–Crippen LogP) is 4.51. The molecule has 0 unspecified atom stereocenters. The number of hydrogen-bond donors (Lipinski definition) is 1. The Morgan fingerprint density at radius 2 is 1.82 bits per heavy atom. The number of fused-ring (bicyclic) bond motifs is 2. The van der Waals surface area contributed by atoms with Crippen molar-refractivity contribution in [2.75, 3.05) is 31.1 Å². The molecule has 2 fully saturated rings. The Balaban J connectivity index is 1.73. The van der Waals surface area contributed by atoms with Crippen LogP contribution in [0.2, 0.25) is 13.1 Å². The van der Waals surface area contributed by atoms with Crippen LogP contribution in [0.25, 0.3) is 5.57 Å². The van der Waals surface area contributed by atoms with Crippen molar-refractivity contribution in [1.29, 1.82) is 5.26 Å². The second-order valence-electron chi connectivity index (χ2n) is 10.6. The number of carboxylic acid groups (broad SMARTS) is 1. The first-order valence-electron chi connectivity index (χ1n) is 12.7. The average Bonchev–Trinajstić information content (AvgIpc) is 2.81. The van der Waals surface area contributed by atoms with Gasteiger partial charge in [-0.3, -0.25) is 0 Å². The lowest BCUT2D eigenvalue weighted by Crippen LogP contribution is -2.50. The van der Waals surface area contributed by atoms with Gasteiger partial charge in [0.05, 0.1) is 6.42 Å². The third-order valence-electron chi connectivity index (χ3n) is 8.23. The molecule has 9 heteroatoms. The van der Waals surface area contributed by atoms with Gasteiger partial charge in [-0.05, 0) is 51.7 Å². The first kappa shape index (κ1) is 24.4. The van der Waals surface area contributed by atoms with Crippen LogP contribution in [0.5, 0.6) is 0 Å². The third-order valence-corrected chi connectivity index (χ3v) is 11.8. The molecule has 1 aliphatic carbocycles. The molecule has 0 saturated carbocycles. The van der Waals surface area contributed by atoms with E-state index < -0.39 is 48.2 Å². The van der Waals surface area contributed by atoms with E-state index in [2.05, 4.69) is 34.7 Å². The van der Waals surface area contributed by atoms with Crippen molar-refractivity contribution < 1.29 is 27.6 Å². The van der Waals surface area contributed by atoms with Crippen LogP contribution in [0.3, 0.4) is 0 Å². The number of rotatable bonds is 3. The van der Waals surface area contributed by atoms with Gasteiger partial charge in [-0.25, -0.2) is 22.5 Å². The minimum Gasteiger partial charge on any atom is -0.478 e. The first-order valence-corrected chi connectivity index (χ1v) is 15.7. The molecule has 0 spiro atoms. The normalized spacial score (nSPS) is 19.3. The standard InChI is InChI=1S/C29H24F3N3O2Si/c1-38(2)21-13-16(34-9-3-10-34)5-7-18(21)23(19-8-6-17(14-22(19)38)35-11-4-12-35)24-25(29(36)37)28(32)27(31)20(15-33)26(24)30/h5-8,13-14H,3-4,9-12H2,1-2H3/p+1. The molecule has 2 aromatic carbocycles. The number of aromatic carboxylic acids is 1. The molecule has 192 valence electrons. The number of anilines is 1. The fourth-order valence-electron chi connectivity index (χ4n) is 5.83. The zero-order chi connectivity index (χ0) is 26.9. The highest BCUT2D eigenvalue weighted by atomic mass is 28.3. The van der Waals surface area contributed by atoms with E-state index in [-0.39, 0.29) is 5.57 Å². The van der Waals surface area contributed by atoms with Crippen LogP contribution in [0.1, 0.15) is 39.9 Å². The highest BCUT2D eigenvalue weighted by molar-refractivity contribution is 6.98. The second kappa shape index (κ2) is 8.56. The maximum absolute atomic E-state index is 15.9. The smallest absolute Gasteiger partial charge is 0.339 e. The Labute approximate surface area is 219 Å². The molecule has 0 radical (unpaired) electrons. The number of benzene rings is 2. The van der Waals surface area contributed by atoms with E-state index in [4.69, 9.17) is 0 Å². The van der Waals surface area contributed by atoms with Crippen LogP contribution in [0.4, 0.5) is 18.9 Å². The van der Waals surface area contributed by atoms with Gasteiger partial charge in [-0.1, -0.05) is 19.2 Å². The van der Waals surface area contributed by atoms with Crippen molar-refractivity contribution >= 4 is 36.2 Å². The van der Waals surface area contributed by atoms with Crippen molar-refractivity contribution in [2.45, 2.75) is 25.9 Å². The van der Waals surface area contributed by atoms with E-state index in [0.29, 0.717) is 11.1 Å². The first-order chi connectivity index (χ1) is 18.1. The molecule has 6 rings (SSSR count). The van der Waals surface area contributed by atoms with Crippen LogP contribution < -0.4 is 10.1 Å². The fraction of sp³-hybridized carbons (Fsp3) is 0.276. The molecule has 1 N–H and O–H groups in total. The quantitative estimate of drug-likeness (QED) is 0.359. The van der Waals surface area contributed by atoms with E-state index in [9.17, 15) is 19.6 Å². The summed E-state index contributed by atoms with van der Waals surface area (Å²) in [6, 6.07) is 7.22. The number of nitrogens with zero attached hydrogens (tertiary/aromatic N) is 3. The number of allylic oxidation sites excluding steroid dienone is 5. The molecule has 0 atom stereocenters. The summed E-state index contributed by atoms with van der Waals surface area (Å²) in [5, 5.41) is 21.3. The number of carboxylic acids is 1. The lowest BCUT2D eigenvalue weighted by atomic mass is 9.85. The van der Waals surface area contributed by atoms with Gasteiger partial charge in [0.15, 0.2) is 23.2 Å². The predicted molar refractivity (Wildman–Crippen MR) is 141 cm³/mol. The SMILES string of the molecule is C[Si]1(C)C2=CC(=[N+]3CCC3)C=CC2=C(c2c(F)c(C#N)c(F)c(F)c2C(=O)O)c2ccc(N3CCC3)cc21. The monoisotopic (exact) mass is 532 g/mol. The molecular formula is C29H25F3N3O2Si+. The van der Waals surface area contributed by atoms with E-state index in [1.165, 1.54) is 6.07 Å². The maximum Gasteiger partial charge on any atom is 0.339 e. The lowest BCUT2D eigenvalue weighted by Gasteiger charge is -2.40. The third kappa shape index (κ3) is 3.36. The molecule has 3 aliphatic heterocycles. The Morgan fingerprint density at radius 1 is 1.08 bits per heavy atom. The van der Waals surface area contributed by atoms with Crippen molar-refractivity contribution in [3.8, 4) is 6.07 Å². The van der Waals surface area contributed by atoms with E-state index in [0.717, 1.165) is 60.8 Å². The second-order valence-corrected chi connectivity index (χ2v) is 15.0. The van der Waals surface area contributed by atoms with E-state index >= 15 is 8.78 Å². The molecule has 5 nitrogen and oxygen atoms in total. The van der Waals surface area contributed by atoms with Crippen LogP contribution in [-0.2, 0) is 0 Å². The summed E-state index contributed by atoms with van der Waals surface area (Å²) < 4.78 is 47.9.